The van der Waals surface area contributed by atoms with Crippen LogP contribution in [0.5, 0.6) is 0 Å². The van der Waals surface area contributed by atoms with Gasteiger partial charge in [0.15, 0.2) is 5.78 Å². The van der Waals surface area contributed by atoms with Gasteiger partial charge in [-0.1, -0.05) is 11.8 Å². The van der Waals surface area contributed by atoms with Gasteiger partial charge in [0.05, 0.1) is 6.54 Å². The monoisotopic (exact) mass is 199 g/mol. The summed E-state index contributed by atoms with van der Waals surface area (Å²) in [6.07, 6.45) is 1.53. The lowest BCUT2D eigenvalue weighted by Crippen LogP contribution is -2.04. The van der Waals surface area contributed by atoms with Crippen molar-refractivity contribution >= 4 is 5.78 Å². The first-order valence-corrected chi connectivity index (χ1v) is 5.11. The number of Topliss-reactive ketones (excluding diaryl/α,β-unsaturated/α-hetero) is 1. The Kier molecular flexibility index (Phi) is 2.84. The second kappa shape index (κ2) is 4.29. The Morgan fingerprint density at radius 1 is 1.40 bits per heavy atom. The number of hydrogen-bond donors (Lipinski definition) is 1. The summed E-state index contributed by atoms with van der Waals surface area (Å²) in [5, 5.41) is 2.97. The van der Waals surface area contributed by atoms with E-state index in [1.807, 2.05) is 25.2 Å². The molecule has 0 bridgehead atoms. The van der Waals surface area contributed by atoms with Crippen LogP contribution in [0.25, 0.3) is 0 Å². The van der Waals surface area contributed by atoms with Crippen molar-refractivity contribution in [1.82, 2.24) is 5.32 Å². The third kappa shape index (κ3) is 2.08. The van der Waals surface area contributed by atoms with Crippen LogP contribution >= 0.6 is 0 Å². The van der Waals surface area contributed by atoms with E-state index in [0.717, 1.165) is 23.1 Å². The minimum atomic E-state index is 0.264. The molecular weight excluding hydrogens is 186 g/mol. The average molecular weight is 199 g/mol. The van der Waals surface area contributed by atoms with Gasteiger partial charge in [0, 0.05) is 17.5 Å². The first-order valence-electron chi connectivity index (χ1n) is 5.11. The molecule has 0 amide bonds. The topological polar surface area (TPSA) is 29.1 Å². The van der Waals surface area contributed by atoms with Gasteiger partial charge in [-0.05, 0) is 37.2 Å². The molecule has 15 heavy (non-hydrogen) atoms. The van der Waals surface area contributed by atoms with E-state index in [0.29, 0.717) is 13.0 Å². The number of carbonyl (C=O) groups excluding carboxylic acids is 1. The van der Waals surface area contributed by atoms with Gasteiger partial charge in [0.2, 0.25) is 0 Å². The molecule has 0 saturated carbocycles. The molecule has 0 saturated heterocycles. The molecule has 0 aliphatic heterocycles. The molecule has 2 rings (SSSR count). The lowest BCUT2D eigenvalue weighted by atomic mass is 10.1. The molecule has 1 N–H and O–H groups in total. The van der Waals surface area contributed by atoms with Crippen LogP contribution in [-0.4, -0.2) is 19.4 Å². The minimum Gasteiger partial charge on any atom is -0.309 e. The highest BCUT2D eigenvalue weighted by Gasteiger charge is 2.18. The third-order valence-electron chi connectivity index (χ3n) is 2.52. The summed E-state index contributed by atoms with van der Waals surface area (Å²) < 4.78 is 0. The van der Waals surface area contributed by atoms with Crippen LogP contribution in [0.15, 0.2) is 18.2 Å². The summed E-state index contributed by atoms with van der Waals surface area (Å²) in [6, 6.07) is 5.85. The van der Waals surface area contributed by atoms with Crippen LogP contribution in [0.1, 0.15) is 27.9 Å². The highest BCUT2D eigenvalue weighted by Crippen LogP contribution is 2.22. The van der Waals surface area contributed by atoms with Gasteiger partial charge in [0.25, 0.3) is 0 Å². The first-order chi connectivity index (χ1) is 7.31. The summed E-state index contributed by atoms with van der Waals surface area (Å²) >= 11 is 0. The molecule has 0 aromatic heterocycles. The predicted octanol–water partition coefficient (Wildman–Crippen LogP) is 1.39. The smallest absolute Gasteiger partial charge is 0.163 e. The van der Waals surface area contributed by atoms with Gasteiger partial charge in [-0.15, -0.1) is 0 Å². The van der Waals surface area contributed by atoms with Gasteiger partial charge < -0.3 is 5.32 Å². The molecule has 1 aliphatic rings. The van der Waals surface area contributed by atoms with E-state index in [2.05, 4.69) is 17.2 Å². The van der Waals surface area contributed by atoms with Crippen molar-refractivity contribution in [2.24, 2.45) is 0 Å². The Bertz CT molecular complexity index is 451. The fraction of sp³-hybridized carbons (Fsp3) is 0.308. The molecule has 2 nitrogen and oxygen atoms in total. The number of benzene rings is 1. The Morgan fingerprint density at radius 2 is 2.27 bits per heavy atom. The second-order valence-corrected chi connectivity index (χ2v) is 3.63. The Balaban J connectivity index is 2.24. The normalized spacial score (nSPS) is 13.3. The number of ketones is 1. The molecule has 0 heterocycles. The fourth-order valence-corrected chi connectivity index (χ4v) is 1.77. The van der Waals surface area contributed by atoms with Crippen LogP contribution in [0.2, 0.25) is 0 Å². The van der Waals surface area contributed by atoms with E-state index in [9.17, 15) is 4.79 Å². The number of hydrogen-bond acceptors (Lipinski definition) is 2. The minimum absolute atomic E-state index is 0.264. The molecule has 0 unspecified atom stereocenters. The van der Waals surface area contributed by atoms with E-state index in [1.165, 1.54) is 0 Å². The lowest BCUT2D eigenvalue weighted by molar-refractivity contribution is 0.0994. The highest BCUT2D eigenvalue weighted by atomic mass is 16.1. The van der Waals surface area contributed by atoms with E-state index in [-0.39, 0.29) is 5.78 Å². The van der Waals surface area contributed by atoms with Crippen LogP contribution in [0.4, 0.5) is 0 Å². The van der Waals surface area contributed by atoms with Gasteiger partial charge in [0.1, 0.15) is 0 Å². The zero-order chi connectivity index (χ0) is 10.7. The number of fused-ring (bicyclic) bond motifs is 1. The standard InChI is InChI=1S/C13H13NO/c1-14-8-2-3-10-4-6-12-11(9-10)5-7-13(12)15/h4,6,9,14H,5,7-8H2,1H3. The maximum Gasteiger partial charge on any atom is 0.163 e. The van der Waals surface area contributed by atoms with Crippen LogP contribution in [-0.2, 0) is 6.42 Å². The molecule has 1 aromatic rings. The fourth-order valence-electron chi connectivity index (χ4n) is 1.77. The largest absolute Gasteiger partial charge is 0.309 e. The molecule has 1 aromatic carbocycles. The van der Waals surface area contributed by atoms with Gasteiger partial charge in [-0.2, -0.15) is 0 Å². The van der Waals surface area contributed by atoms with Crippen molar-refractivity contribution in [1.29, 1.82) is 0 Å². The van der Waals surface area contributed by atoms with E-state index < -0.39 is 0 Å². The lowest BCUT2D eigenvalue weighted by Gasteiger charge is -1.97. The Morgan fingerprint density at radius 3 is 3.07 bits per heavy atom. The summed E-state index contributed by atoms with van der Waals surface area (Å²) in [6.45, 7) is 0.690. The van der Waals surface area contributed by atoms with E-state index in [4.69, 9.17) is 0 Å². The second-order valence-electron chi connectivity index (χ2n) is 3.63. The maximum atomic E-state index is 11.4. The first kappa shape index (κ1) is 9.95. The zero-order valence-corrected chi connectivity index (χ0v) is 8.76. The maximum absolute atomic E-state index is 11.4. The number of carbonyl (C=O) groups is 1. The molecule has 0 radical (unpaired) electrons. The number of nitrogens with one attached hydrogen (secondary N) is 1. The van der Waals surface area contributed by atoms with E-state index >= 15 is 0 Å². The van der Waals surface area contributed by atoms with Gasteiger partial charge >= 0.3 is 0 Å². The molecule has 1 aliphatic carbocycles. The van der Waals surface area contributed by atoms with Crippen LogP contribution in [0.3, 0.4) is 0 Å². The van der Waals surface area contributed by atoms with Crippen molar-refractivity contribution in [3.63, 3.8) is 0 Å². The van der Waals surface area contributed by atoms with Gasteiger partial charge in [-0.3, -0.25) is 4.79 Å². The molecule has 0 atom stereocenters. The zero-order valence-electron chi connectivity index (χ0n) is 8.76. The molecule has 76 valence electrons. The summed E-state index contributed by atoms with van der Waals surface area (Å²) in [4.78, 5) is 11.4. The molecule has 0 spiro atoms. The van der Waals surface area contributed by atoms with Crippen molar-refractivity contribution in [2.75, 3.05) is 13.6 Å². The third-order valence-corrected chi connectivity index (χ3v) is 2.52. The predicted molar refractivity (Wildman–Crippen MR) is 59.9 cm³/mol. The van der Waals surface area contributed by atoms with E-state index in [1.54, 1.807) is 0 Å². The summed E-state index contributed by atoms with van der Waals surface area (Å²) in [5.74, 6) is 6.34. The number of rotatable bonds is 1. The molecular formula is C13H13NO. The SMILES string of the molecule is CNCC#Cc1ccc2c(c1)CCC2=O. The van der Waals surface area contributed by atoms with Crippen molar-refractivity contribution < 1.29 is 4.79 Å². The van der Waals surface area contributed by atoms with Crippen LogP contribution in [0, 0.1) is 11.8 Å². The van der Waals surface area contributed by atoms with Crippen LogP contribution < -0.4 is 5.32 Å². The molecule has 0 fully saturated rings. The quantitative estimate of drug-likeness (QED) is 0.692. The van der Waals surface area contributed by atoms with Crippen molar-refractivity contribution in [2.45, 2.75) is 12.8 Å². The Labute approximate surface area is 89.7 Å². The van der Waals surface area contributed by atoms with Gasteiger partial charge in [-0.25, -0.2) is 0 Å². The van der Waals surface area contributed by atoms with Crippen molar-refractivity contribution in [3.05, 3.63) is 34.9 Å². The highest BCUT2D eigenvalue weighted by molar-refractivity contribution is 6.00. The average Bonchev–Trinajstić information content (AvgIpc) is 2.61. The Hall–Kier alpha value is -1.59. The molecule has 2 heteroatoms. The van der Waals surface area contributed by atoms with Crippen molar-refractivity contribution in [3.8, 4) is 11.8 Å². The number of aryl methyl sites for hydroxylation is 1. The summed E-state index contributed by atoms with van der Waals surface area (Å²) in [5.41, 5.74) is 3.03. The summed E-state index contributed by atoms with van der Waals surface area (Å²) in [7, 11) is 1.87.